The average Bonchev–Trinajstić information content (AvgIpc) is 2.65. The fourth-order valence-corrected chi connectivity index (χ4v) is 2.97. The van der Waals surface area contributed by atoms with E-state index in [1.165, 1.54) is 29.2 Å². The number of carbonyl (C=O) groups is 2. The Hall–Kier alpha value is -3.17. The molecule has 0 aliphatic rings. The fourth-order valence-electron chi connectivity index (χ4n) is 2.75. The molecule has 0 aliphatic carbocycles. The molecule has 5 nitrogen and oxygen atoms in total. The van der Waals surface area contributed by atoms with Gasteiger partial charge in [-0.1, -0.05) is 23.7 Å². The van der Waals surface area contributed by atoms with Crippen LogP contribution >= 0.6 is 11.6 Å². The molecule has 0 aromatic heterocycles. The molecule has 0 unspecified atom stereocenters. The van der Waals surface area contributed by atoms with Gasteiger partial charge in [-0.3, -0.25) is 4.79 Å². The molecule has 2 aromatic rings. The SMILES string of the molecule is Cc1cc(C)cc(N(CCC#N)C(=O)COC(=O)/C=C/c2c(F)cccc2Cl)c1. The molecule has 2 aromatic carbocycles. The summed E-state index contributed by atoms with van der Waals surface area (Å²) in [4.78, 5) is 25.9. The van der Waals surface area contributed by atoms with Crippen LogP contribution in [0.4, 0.5) is 10.1 Å². The highest BCUT2D eigenvalue weighted by molar-refractivity contribution is 6.32. The van der Waals surface area contributed by atoms with E-state index in [0.717, 1.165) is 17.2 Å². The van der Waals surface area contributed by atoms with E-state index in [4.69, 9.17) is 21.6 Å². The highest BCUT2D eigenvalue weighted by Crippen LogP contribution is 2.21. The number of hydrogen-bond donors (Lipinski definition) is 0. The minimum absolute atomic E-state index is 0.0586. The molecule has 0 atom stereocenters. The summed E-state index contributed by atoms with van der Waals surface area (Å²) in [5.74, 6) is -1.84. The lowest BCUT2D eigenvalue weighted by Crippen LogP contribution is -2.35. The molecule has 0 N–H and O–H groups in total. The number of anilines is 1. The predicted molar refractivity (Wildman–Crippen MR) is 110 cm³/mol. The lowest BCUT2D eigenvalue weighted by molar-refractivity contribution is -0.142. The molecule has 0 saturated heterocycles. The Morgan fingerprint density at radius 3 is 2.55 bits per heavy atom. The number of esters is 1. The molecule has 0 heterocycles. The van der Waals surface area contributed by atoms with Crippen LogP contribution in [0.15, 0.2) is 42.5 Å². The Kier molecular flexibility index (Phi) is 7.93. The fraction of sp³-hybridized carbons (Fsp3) is 0.227. The number of benzene rings is 2. The summed E-state index contributed by atoms with van der Waals surface area (Å²) in [6, 6.07) is 11.8. The Balaban J connectivity index is 2.06. The Bertz CT molecular complexity index is 942. The van der Waals surface area contributed by atoms with Gasteiger partial charge in [-0.25, -0.2) is 9.18 Å². The molecule has 7 heteroatoms. The van der Waals surface area contributed by atoms with Gasteiger partial charge in [-0.15, -0.1) is 0 Å². The Labute approximate surface area is 174 Å². The largest absolute Gasteiger partial charge is 0.452 e. The molecule has 2 rings (SSSR count). The average molecular weight is 415 g/mol. The van der Waals surface area contributed by atoms with Gasteiger partial charge in [0.2, 0.25) is 0 Å². The summed E-state index contributed by atoms with van der Waals surface area (Å²) in [7, 11) is 0. The summed E-state index contributed by atoms with van der Waals surface area (Å²) < 4.78 is 18.7. The van der Waals surface area contributed by atoms with Crippen molar-refractivity contribution in [2.24, 2.45) is 0 Å². The van der Waals surface area contributed by atoms with Crippen LogP contribution in [0.25, 0.3) is 6.08 Å². The minimum atomic E-state index is -0.807. The number of carbonyl (C=O) groups excluding carboxylic acids is 2. The lowest BCUT2D eigenvalue weighted by Gasteiger charge is -2.22. The second-order valence-corrected chi connectivity index (χ2v) is 6.78. The monoisotopic (exact) mass is 414 g/mol. The zero-order chi connectivity index (χ0) is 21.4. The number of aryl methyl sites for hydroxylation is 2. The number of nitrogens with zero attached hydrogens (tertiary/aromatic N) is 2. The third kappa shape index (κ3) is 6.44. The van der Waals surface area contributed by atoms with E-state index in [2.05, 4.69) is 0 Å². The van der Waals surface area contributed by atoms with Crippen LogP contribution in [-0.2, 0) is 14.3 Å². The molecule has 0 saturated carbocycles. The molecule has 0 aliphatic heterocycles. The van der Waals surface area contributed by atoms with Crippen molar-refractivity contribution in [1.29, 1.82) is 5.26 Å². The van der Waals surface area contributed by atoms with Gasteiger partial charge in [0, 0.05) is 23.9 Å². The number of amides is 1. The molecular weight excluding hydrogens is 395 g/mol. The first-order valence-electron chi connectivity index (χ1n) is 8.86. The minimum Gasteiger partial charge on any atom is -0.452 e. The van der Waals surface area contributed by atoms with Gasteiger partial charge >= 0.3 is 5.97 Å². The number of rotatable bonds is 7. The highest BCUT2D eigenvalue weighted by Gasteiger charge is 2.17. The first kappa shape index (κ1) is 22.1. The topological polar surface area (TPSA) is 70.4 Å². The van der Waals surface area contributed by atoms with E-state index in [1.807, 2.05) is 38.1 Å². The van der Waals surface area contributed by atoms with Crippen LogP contribution in [0, 0.1) is 31.0 Å². The van der Waals surface area contributed by atoms with Gasteiger partial charge in [0.05, 0.1) is 17.5 Å². The van der Waals surface area contributed by atoms with Crippen LogP contribution in [0.3, 0.4) is 0 Å². The second-order valence-electron chi connectivity index (χ2n) is 6.38. The van der Waals surface area contributed by atoms with Crippen molar-refractivity contribution in [1.82, 2.24) is 0 Å². The van der Waals surface area contributed by atoms with Crippen LogP contribution < -0.4 is 4.90 Å². The maximum absolute atomic E-state index is 13.7. The van der Waals surface area contributed by atoms with Crippen molar-refractivity contribution in [2.75, 3.05) is 18.1 Å². The number of hydrogen-bond acceptors (Lipinski definition) is 4. The maximum Gasteiger partial charge on any atom is 0.331 e. The predicted octanol–water partition coefficient (Wildman–Crippen LogP) is 4.60. The van der Waals surface area contributed by atoms with Crippen molar-refractivity contribution in [3.63, 3.8) is 0 Å². The van der Waals surface area contributed by atoms with Gasteiger partial charge in [0.1, 0.15) is 5.82 Å². The first-order valence-corrected chi connectivity index (χ1v) is 9.24. The quantitative estimate of drug-likeness (QED) is 0.490. The molecule has 0 spiro atoms. The van der Waals surface area contributed by atoms with Crippen LogP contribution in [0.1, 0.15) is 23.1 Å². The summed E-state index contributed by atoms with van der Waals surface area (Å²) in [6.45, 7) is 3.48. The van der Waals surface area contributed by atoms with Gasteiger partial charge < -0.3 is 9.64 Å². The molecule has 0 fully saturated rings. The number of halogens is 2. The van der Waals surface area contributed by atoms with Crippen molar-refractivity contribution in [3.05, 3.63) is 70.0 Å². The molecular formula is C22H20ClFN2O3. The van der Waals surface area contributed by atoms with E-state index < -0.39 is 24.3 Å². The summed E-state index contributed by atoms with van der Waals surface area (Å²) in [6.07, 6.45) is 2.34. The summed E-state index contributed by atoms with van der Waals surface area (Å²) >= 11 is 5.89. The molecule has 0 bridgehead atoms. The van der Waals surface area contributed by atoms with E-state index >= 15 is 0 Å². The van der Waals surface area contributed by atoms with Gasteiger partial charge in [0.25, 0.3) is 5.91 Å². The number of ether oxygens (including phenoxy) is 1. The van der Waals surface area contributed by atoms with E-state index in [0.29, 0.717) is 5.69 Å². The van der Waals surface area contributed by atoms with Gasteiger partial charge in [0.15, 0.2) is 6.61 Å². The highest BCUT2D eigenvalue weighted by atomic mass is 35.5. The molecule has 1 amide bonds. The van der Waals surface area contributed by atoms with Crippen molar-refractivity contribution < 1.29 is 18.7 Å². The van der Waals surface area contributed by atoms with E-state index in [-0.39, 0.29) is 23.6 Å². The summed E-state index contributed by atoms with van der Waals surface area (Å²) in [5, 5.41) is 9.03. The third-order valence-electron chi connectivity index (χ3n) is 3.99. The van der Waals surface area contributed by atoms with Crippen molar-refractivity contribution in [3.8, 4) is 6.07 Å². The molecule has 29 heavy (non-hydrogen) atoms. The standard InChI is InChI=1S/C22H20ClFN2O3/c1-15-11-16(2)13-17(12-15)26(10-4-9-25)21(27)14-29-22(28)8-7-18-19(23)5-3-6-20(18)24/h3,5-8,11-13H,4,10,14H2,1-2H3/b8-7+. The maximum atomic E-state index is 13.7. The Morgan fingerprint density at radius 2 is 1.93 bits per heavy atom. The van der Waals surface area contributed by atoms with Crippen LogP contribution in [-0.4, -0.2) is 25.0 Å². The first-order chi connectivity index (χ1) is 13.8. The number of nitriles is 1. The van der Waals surface area contributed by atoms with Crippen LogP contribution in [0.2, 0.25) is 5.02 Å². The van der Waals surface area contributed by atoms with Gasteiger partial charge in [-0.05, 0) is 55.3 Å². The molecule has 0 radical (unpaired) electrons. The normalized spacial score (nSPS) is 10.6. The van der Waals surface area contributed by atoms with Crippen molar-refractivity contribution in [2.45, 2.75) is 20.3 Å². The van der Waals surface area contributed by atoms with E-state index in [9.17, 15) is 14.0 Å². The van der Waals surface area contributed by atoms with E-state index in [1.54, 1.807) is 0 Å². The van der Waals surface area contributed by atoms with Crippen molar-refractivity contribution >= 4 is 35.2 Å². The lowest BCUT2D eigenvalue weighted by atomic mass is 10.1. The zero-order valence-electron chi connectivity index (χ0n) is 16.1. The second kappa shape index (κ2) is 10.4. The zero-order valence-corrected chi connectivity index (χ0v) is 16.9. The smallest absolute Gasteiger partial charge is 0.331 e. The Morgan fingerprint density at radius 1 is 1.24 bits per heavy atom. The molecule has 150 valence electrons. The van der Waals surface area contributed by atoms with Gasteiger partial charge in [-0.2, -0.15) is 5.26 Å². The third-order valence-corrected chi connectivity index (χ3v) is 4.32. The summed E-state index contributed by atoms with van der Waals surface area (Å²) in [5.41, 5.74) is 2.63. The van der Waals surface area contributed by atoms with Crippen LogP contribution in [0.5, 0.6) is 0 Å².